The van der Waals surface area contributed by atoms with Crippen LogP contribution in [0, 0.1) is 0 Å². The third kappa shape index (κ3) is 1.85. The van der Waals surface area contributed by atoms with Gasteiger partial charge in [0.15, 0.2) is 0 Å². The number of hydrogen-bond donors (Lipinski definition) is 2. The molecule has 20 heavy (non-hydrogen) atoms. The Morgan fingerprint density at radius 2 is 1.95 bits per heavy atom. The van der Waals surface area contributed by atoms with Gasteiger partial charge in [-0.05, 0) is 28.5 Å². The average Bonchev–Trinajstić information content (AvgIpc) is 2.46. The van der Waals surface area contributed by atoms with Gasteiger partial charge in [0.2, 0.25) is 5.79 Å². The van der Waals surface area contributed by atoms with Crippen LogP contribution in [0.2, 0.25) is 0 Å². The molecule has 0 saturated heterocycles. The number of methoxy groups -OCH3 is 2. The molecule has 0 saturated carbocycles. The first-order chi connectivity index (χ1) is 9.57. The molecule has 0 heterocycles. The fourth-order valence-electron chi connectivity index (χ4n) is 2.75. The molecular weight excluding hydrogens is 256 g/mol. The number of fused-ring (bicyclic) bond motifs is 3. The van der Waals surface area contributed by atoms with Crippen LogP contribution in [0.1, 0.15) is 11.1 Å². The van der Waals surface area contributed by atoms with Crippen LogP contribution in [-0.4, -0.2) is 24.4 Å². The summed E-state index contributed by atoms with van der Waals surface area (Å²) in [6, 6.07) is 8.91. The Morgan fingerprint density at radius 1 is 1.15 bits per heavy atom. The van der Waals surface area contributed by atoms with E-state index in [1.807, 2.05) is 12.1 Å². The molecule has 0 aromatic heterocycles. The molecule has 0 fully saturated rings. The van der Waals surface area contributed by atoms with Crippen molar-refractivity contribution >= 4 is 10.8 Å². The van der Waals surface area contributed by atoms with Crippen molar-refractivity contribution in [1.82, 2.24) is 0 Å². The molecule has 4 nitrogen and oxygen atoms in total. The first-order valence-electron chi connectivity index (χ1n) is 6.36. The maximum atomic E-state index is 10.8. The van der Waals surface area contributed by atoms with Crippen molar-refractivity contribution in [2.45, 2.75) is 12.2 Å². The van der Waals surface area contributed by atoms with Gasteiger partial charge in [-0.15, -0.1) is 0 Å². The summed E-state index contributed by atoms with van der Waals surface area (Å²) < 4.78 is 10.6. The molecule has 1 atom stereocenters. The van der Waals surface area contributed by atoms with Gasteiger partial charge in [-0.2, -0.15) is 0 Å². The highest BCUT2D eigenvalue weighted by Crippen LogP contribution is 2.39. The van der Waals surface area contributed by atoms with Crippen molar-refractivity contribution in [3.05, 3.63) is 53.3 Å². The highest BCUT2D eigenvalue weighted by molar-refractivity contribution is 5.89. The van der Waals surface area contributed by atoms with Crippen molar-refractivity contribution in [3.63, 3.8) is 0 Å². The zero-order valence-electron chi connectivity index (χ0n) is 11.4. The Labute approximate surface area is 116 Å². The van der Waals surface area contributed by atoms with E-state index in [-0.39, 0.29) is 5.75 Å². The normalized spacial score (nSPS) is 21.4. The summed E-state index contributed by atoms with van der Waals surface area (Å²) in [6.45, 7) is 0. The summed E-state index contributed by atoms with van der Waals surface area (Å²) in [6.07, 6.45) is 2.19. The van der Waals surface area contributed by atoms with Gasteiger partial charge in [-0.3, -0.25) is 0 Å². The molecule has 2 N–H and O–H groups in total. The van der Waals surface area contributed by atoms with Gasteiger partial charge >= 0.3 is 0 Å². The Hall–Kier alpha value is -2.04. The molecule has 0 spiro atoms. The average molecular weight is 272 g/mol. The lowest BCUT2D eigenvalue weighted by molar-refractivity contribution is -0.156. The van der Waals surface area contributed by atoms with Gasteiger partial charge in [0, 0.05) is 25.2 Å². The zero-order chi connectivity index (χ0) is 14.3. The first kappa shape index (κ1) is 13.0. The molecule has 0 aliphatic heterocycles. The minimum absolute atomic E-state index is 0.197. The summed E-state index contributed by atoms with van der Waals surface area (Å²) in [7, 11) is 3.03. The SMILES string of the molecule is COC1=CC(O)(OC)c2c(ccc3cc(O)ccc23)C1. The Kier molecular flexibility index (Phi) is 2.92. The minimum atomic E-state index is -1.52. The van der Waals surface area contributed by atoms with Gasteiger partial charge in [0.25, 0.3) is 0 Å². The van der Waals surface area contributed by atoms with Crippen LogP contribution in [0.25, 0.3) is 10.8 Å². The number of allylic oxidation sites excluding steroid dienone is 1. The van der Waals surface area contributed by atoms with Crippen LogP contribution >= 0.6 is 0 Å². The fourth-order valence-corrected chi connectivity index (χ4v) is 2.75. The lowest BCUT2D eigenvalue weighted by Gasteiger charge is -2.32. The summed E-state index contributed by atoms with van der Waals surface area (Å²) in [5, 5.41) is 22.0. The largest absolute Gasteiger partial charge is 0.508 e. The molecular formula is C16H16O4. The van der Waals surface area contributed by atoms with Crippen LogP contribution in [0.15, 0.2) is 42.2 Å². The topological polar surface area (TPSA) is 58.9 Å². The first-order valence-corrected chi connectivity index (χ1v) is 6.36. The van der Waals surface area contributed by atoms with Crippen LogP contribution in [0.4, 0.5) is 0 Å². The van der Waals surface area contributed by atoms with E-state index in [0.29, 0.717) is 17.7 Å². The Morgan fingerprint density at radius 3 is 2.65 bits per heavy atom. The second-order valence-electron chi connectivity index (χ2n) is 4.90. The quantitative estimate of drug-likeness (QED) is 0.824. The summed E-state index contributed by atoms with van der Waals surface area (Å²) >= 11 is 0. The van der Waals surface area contributed by atoms with E-state index < -0.39 is 5.79 Å². The number of aliphatic hydroxyl groups is 1. The summed E-state index contributed by atoms with van der Waals surface area (Å²) in [5.74, 6) is -0.655. The Bertz CT molecular complexity index is 705. The van der Waals surface area contributed by atoms with Crippen molar-refractivity contribution in [3.8, 4) is 5.75 Å². The number of aromatic hydroxyl groups is 1. The molecule has 0 radical (unpaired) electrons. The molecule has 4 heteroatoms. The van der Waals surface area contributed by atoms with E-state index in [9.17, 15) is 10.2 Å². The van der Waals surface area contributed by atoms with Gasteiger partial charge in [-0.25, -0.2) is 0 Å². The van der Waals surface area contributed by atoms with Crippen LogP contribution < -0.4 is 0 Å². The van der Waals surface area contributed by atoms with E-state index in [1.54, 1.807) is 31.4 Å². The number of hydrogen-bond acceptors (Lipinski definition) is 4. The zero-order valence-corrected chi connectivity index (χ0v) is 11.4. The maximum absolute atomic E-state index is 10.8. The molecule has 2 aromatic carbocycles. The minimum Gasteiger partial charge on any atom is -0.508 e. The van der Waals surface area contributed by atoms with Crippen molar-refractivity contribution in [2.75, 3.05) is 14.2 Å². The monoisotopic (exact) mass is 272 g/mol. The number of benzene rings is 2. The van der Waals surface area contributed by atoms with Crippen molar-refractivity contribution in [1.29, 1.82) is 0 Å². The lowest BCUT2D eigenvalue weighted by Crippen LogP contribution is -2.31. The number of ether oxygens (including phenoxy) is 2. The third-order valence-electron chi connectivity index (χ3n) is 3.74. The van der Waals surface area contributed by atoms with E-state index in [0.717, 1.165) is 16.3 Å². The lowest BCUT2D eigenvalue weighted by atomic mass is 9.86. The van der Waals surface area contributed by atoms with Gasteiger partial charge in [-0.1, -0.05) is 18.2 Å². The number of phenolic OH excluding ortho intramolecular Hbond substituents is 1. The Balaban J connectivity index is 2.32. The number of rotatable bonds is 2. The van der Waals surface area contributed by atoms with Crippen LogP contribution in [-0.2, 0) is 21.7 Å². The third-order valence-corrected chi connectivity index (χ3v) is 3.74. The highest BCUT2D eigenvalue weighted by Gasteiger charge is 2.35. The predicted octanol–water partition coefficient (Wildman–Crippen LogP) is 2.42. The second-order valence-corrected chi connectivity index (χ2v) is 4.90. The number of phenols is 1. The standard InChI is InChI=1S/C16H16O4/c1-19-13-8-11-4-3-10-7-12(17)5-6-14(10)15(11)16(18,9-13)20-2/h3-7,9,17-18H,8H2,1-2H3. The van der Waals surface area contributed by atoms with Crippen molar-refractivity contribution < 1.29 is 19.7 Å². The van der Waals surface area contributed by atoms with Gasteiger partial charge < -0.3 is 19.7 Å². The molecule has 104 valence electrons. The van der Waals surface area contributed by atoms with Gasteiger partial charge in [0.05, 0.1) is 7.11 Å². The van der Waals surface area contributed by atoms with Gasteiger partial charge in [0.1, 0.15) is 11.5 Å². The van der Waals surface area contributed by atoms with Crippen molar-refractivity contribution in [2.24, 2.45) is 0 Å². The maximum Gasteiger partial charge on any atom is 0.216 e. The smallest absolute Gasteiger partial charge is 0.216 e. The van der Waals surface area contributed by atoms with E-state index in [1.165, 1.54) is 7.11 Å². The molecule has 2 aromatic rings. The summed E-state index contributed by atoms with van der Waals surface area (Å²) in [5.41, 5.74) is 1.66. The molecule has 0 amide bonds. The molecule has 1 unspecified atom stereocenters. The highest BCUT2D eigenvalue weighted by atomic mass is 16.6. The van der Waals surface area contributed by atoms with Crippen LogP contribution in [0.5, 0.6) is 5.75 Å². The van der Waals surface area contributed by atoms with E-state index >= 15 is 0 Å². The molecule has 1 aliphatic carbocycles. The molecule has 1 aliphatic rings. The molecule has 3 rings (SSSR count). The van der Waals surface area contributed by atoms with E-state index in [4.69, 9.17) is 9.47 Å². The molecule has 0 bridgehead atoms. The predicted molar refractivity (Wildman–Crippen MR) is 75.3 cm³/mol. The summed E-state index contributed by atoms with van der Waals surface area (Å²) in [4.78, 5) is 0. The fraction of sp³-hybridized carbons (Fsp3) is 0.250. The van der Waals surface area contributed by atoms with Crippen LogP contribution in [0.3, 0.4) is 0 Å². The van der Waals surface area contributed by atoms with E-state index in [2.05, 4.69) is 0 Å². The second kappa shape index (κ2) is 4.51.